The van der Waals surface area contributed by atoms with Crippen LogP contribution in [0, 0.1) is 0 Å². The van der Waals surface area contributed by atoms with Gasteiger partial charge in [0.15, 0.2) is 5.82 Å². The molecule has 0 spiro atoms. The minimum Gasteiger partial charge on any atom is -0.364 e. The first-order valence-corrected chi connectivity index (χ1v) is 6.89. The molecule has 0 aliphatic carbocycles. The molecule has 21 heavy (non-hydrogen) atoms. The number of anilines is 1. The summed E-state index contributed by atoms with van der Waals surface area (Å²) < 4.78 is 7.21. The van der Waals surface area contributed by atoms with Crippen molar-refractivity contribution in [1.29, 1.82) is 0 Å². The third-order valence-corrected chi connectivity index (χ3v) is 3.42. The van der Waals surface area contributed by atoms with Crippen LogP contribution in [0.2, 0.25) is 0 Å². The molecular weight excluding hydrogens is 270 g/mol. The van der Waals surface area contributed by atoms with E-state index in [9.17, 15) is 4.79 Å². The summed E-state index contributed by atoms with van der Waals surface area (Å²) in [6.45, 7) is 0.448. The summed E-state index contributed by atoms with van der Waals surface area (Å²) in [7, 11) is 0. The molecule has 2 aromatic rings. The Labute approximate surface area is 122 Å². The van der Waals surface area contributed by atoms with Crippen molar-refractivity contribution in [2.24, 2.45) is 5.73 Å². The van der Waals surface area contributed by atoms with Crippen molar-refractivity contribution in [3.05, 3.63) is 36.8 Å². The first kappa shape index (κ1) is 13.7. The molecule has 110 valence electrons. The minimum atomic E-state index is -0.427. The molecule has 1 aliphatic rings. The molecule has 3 rings (SSSR count). The van der Waals surface area contributed by atoms with Crippen LogP contribution in [0.1, 0.15) is 12.8 Å². The van der Waals surface area contributed by atoms with E-state index in [1.165, 1.54) is 0 Å². The third-order valence-electron chi connectivity index (χ3n) is 3.42. The zero-order valence-corrected chi connectivity index (χ0v) is 11.5. The van der Waals surface area contributed by atoms with Crippen molar-refractivity contribution >= 4 is 11.6 Å². The molecule has 7 heteroatoms. The highest BCUT2D eigenvalue weighted by Gasteiger charge is 2.29. The number of pyridine rings is 1. The van der Waals surface area contributed by atoms with E-state index in [-0.39, 0.29) is 12.0 Å². The fourth-order valence-corrected chi connectivity index (χ4v) is 2.29. The molecule has 2 atom stereocenters. The van der Waals surface area contributed by atoms with Crippen LogP contribution < -0.4 is 11.1 Å². The van der Waals surface area contributed by atoms with E-state index in [1.54, 1.807) is 35.4 Å². The van der Waals surface area contributed by atoms with Gasteiger partial charge in [0.1, 0.15) is 6.10 Å². The summed E-state index contributed by atoms with van der Waals surface area (Å²) in [5.74, 6) is 0.540. The highest BCUT2D eigenvalue weighted by Crippen LogP contribution is 2.20. The average molecular weight is 287 g/mol. The molecule has 7 nitrogen and oxygen atoms in total. The van der Waals surface area contributed by atoms with Gasteiger partial charge in [-0.15, -0.1) is 0 Å². The molecule has 0 radical (unpaired) electrons. The summed E-state index contributed by atoms with van der Waals surface area (Å²) in [6, 6.07) is 5.40. The van der Waals surface area contributed by atoms with Gasteiger partial charge >= 0.3 is 0 Å². The van der Waals surface area contributed by atoms with Crippen LogP contribution in [0.15, 0.2) is 36.8 Å². The maximum absolute atomic E-state index is 12.1. The van der Waals surface area contributed by atoms with Gasteiger partial charge in [0.2, 0.25) is 0 Å². The molecule has 1 aliphatic heterocycles. The topological polar surface area (TPSA) is 95.1 Å². The molecule has 2 aromatic heterocycles. The predicted molar refractivity (Wildman–Crippen MR) is 76.9 cm³/mol. The Balaban J connectivity index is 1.62. The fraction of sp³-hybridized carbons (Fsp3) is 0.357. The fourth-order valence-electron chi connectivity index (χ4n) is 2.29. The zero-order valence-electron chi connectivity index (χ0n) is 11.5. The number of hydrogen-bond acceptors (Lipinski definition) is 5. The molecule has 1 amide bonds. The van der Waals surface area contributed by atoms with E-state index in [0.29, 0.717) is 24.5 Å². The first-order chi connectivity index (χ1) is 10.3. The number of ether oxygens (including phenoxy) is 1. The average Bonchev–Trinajstić information content (AvgIpc) is 3.19. The van der Waals surface area contributed by atoms with Crippen molar-refractivity contribution in [3.8, 4) is 5.82 Å². The molecular formula is C14H17N5O2. The van der Waals surface area contributed by atoms with E-state index < -0.39 is 6.10 Å². The lowest BCUT2D eigenvalue weighted by Crippen LogP contribution is -2.29. The van der Waals surface area contributed by atoms with Gasteiger partial charge in [0, 0.05) is 18.9 Å². The summed E-state index contributed by atoms with van der Waals surface area (Å²) in [4.78, 5) is 16.3. The lowest BCUT2D eigenvalue weighted by atomic mass is 10.2. The van der Waals surface area contributed by atoms with Crippen LogP contribution in [-0.4, -0.2) is 39.4 Å². The van der Waals surface area contributed by atoms with E-state index in [4.69, 9.17) is 10.5 Å². The predicted octanol–water partition coefficient (Wildman–Crippen LogP) is 0.712. The number of nitrogens with zero attached hydrogens (tertiary/aromatic N) is 3. The second kappa shape index (κ2) is 6.02. The molecule has 3 N–H and O–H groups in total. The van der Waals surface area contributed by atoms with Gasteiger partial charge in [-0.3, -0.25) is 4.79 Å². The summed E-state index contributed by atoms with van der Waals surface area (Å²) in [5.41, 5.74) is 6.17. The second-order valence-corrected chi connectivity index (χ2v) is 4.90. The van der Waals surface area contributed by atoms with Crippen molar-refractivity contribution in [2.45, 2.75) is 25.0 Å². The van der Waals surface area contributed by atoms with Crippen LogP contribution in [0.4, 0.5) is 5.69 Å². The Kier molecular flexibility index (Phi) is 3.94. The van der Waals surface area contributed by atoms with Gasteiger partial charge < -0.3 is 15.8 Å². The molecule has 3 heterocycles. The summed E-state index contributed by atoms with van der Waals surface area (Å²) in [6.07, 6.45) is 6.18. The Hall–Kier alpha value is -2.25. The molecule has 0 unspecified atom stereocenters. The lowest BCUT2D eigenvalue weighted by Gasteiger charge is -2.12. The summed E-state index contributed by atoms with van der Waals surface area (Å²) in [5, 5.41) is 6.90. The maximum atomic E-state index is 12.1. The number of amides is 1. The van der Waals surface area contributed by atoms with Crippen LogP contribution in [-0.2, 0) is 9.53 Å². The zero-order chi connectivity index (χ0) is 14.7. The molecule has 0 bridgehead atoms. The number of carbonyl (C=O) groups excluding carboxylic acids is 1. The molecule has 0 aromatic carbocycles. The monoisotopic (exact) mass is 287 g/mol. The van der Waals surface area contributed by atoms with Gasteiger partial charge in [-0.1, -0.05) is 0 Å². The Morgan fingerprint density at radius 3 is 3.00 bits per heavy atom. The van der Waals surface area contributed by atoms with Gasteiger partial charge in [0.25, 0.3) is 5.91 Å². The van der Waals surface area contributed by atoms with Gasteiger partial charge in [-0.25, -0.2) is 9.67 Å². The Morgan fingerprint density at radius 2 is 2.38 bits per heavy atom. The number of nitrogens with one attached hydrogen (secondary N) is 1. The van der Waals surface area contributed by atoms with E-state index in [1.807, 2.05) is 6.07 Å². The number of aromatic nitrogens is 3. The largest absolute Gasteiger partial charge is 0.364 e. The van der Waals surface area contributed by atoms with Gasteiger partial charge in [-0.2, -0.15) is 5.10 Å². The minimum absolute atomic E-state index is 0.0129. The number of rotatable bonds is 4. The first-order valence-electron chi connectivity index (χ1n) is 6.89. The van der Waals surface area contributed by atoms with Crippen LogP contribution in [0.25, 0.3) is 5.82 Å². The number of nitrogens with two attached hydrogens (primary N) is 1. The van der Waals surface area contributed by atoms with Crippen LogP contribution >= 0.6 is 0 Å². The number of hydrogen-bond donors (Lipinski definition) is 2. The van der Waals surface area contributed by atoms with Crippen LogP contribution in [0.5, 0.6) is 0 Å². The lowest BCUT2D eigenvalue weighted by molar-refractivity contribution is -0.126. The van der Waals surface area contributed by atoms with Gasteiger partial charge in [0.05, 0.1) is 18.0 Å². The molecule has 1 saturated heterocycles. The highest BCUT2D eigenvalue weighted by atomic mass is 16.5. The van der Waals surface area contributed by atoms with Crippen LogP contribution in [0.3, 0.4) is 0 Å². The summed E-state index contributed by atoms with van der Waals surface area (Å²) >= 11 is 0. The molecule has 1 fully saturated rings. The van der Waals surface area contributed by atoms with E-state index >= 15 is 0 Å². The third kappa shape index (κ3) is 3.09. The Bertz CT molecular complexity index is 596. The normalized spacial score (nSPS) is 21.4. The van der Waals surface area contributed by atoms with Crippen molar-refractivity contribution in [2.75, 3.05) is 11.9 Å². The Morgan fingerprint density at radius 1 is 1.48 bits per heavy atom. The van der Waals surface area contributed by atoms with Crippen molar-refractivity contribution in [1.82, 2.24) is 14.8 Å². The van der Waals surface area contributed by atoms with Crippen molar-refractivity contribution in [3.63, 3.8) is 0 Å². The number of carbonyl (C=O) groups is 1. The SMILES string of the molecule is NC[C@H]1CC[C@@H](C(=O)Nc2ccc(-n3cccn3)nc2)O1. The van der Waals surface area contributed by atoms with Gasteiger partial charge in [-0.05, 0) is 31.0 Å². The quantitative estimate of drug-likeness (QED) is 0.863. The molecule has 0 saturated carbocycles. The maximum Gasteiger partial charge on any atom is 0.253 e. The van der Waals surface area contributed by atoms with Crippen molar-refractivity contribution < 1.29 is 9.53 Å². The second-order valence-electron chi connectivity index (χ2n) is 4.90. The highest BCUT2D eigenvalue weighted by molar-refractivity contribution is 5.94. The van der Waals surface area contributed by atoms with E-state index in [0.717, 1.165) is 6.42 Å². The smallest absolute Gasteiger partial charge is 0.253 e. The van der Waals surface area contributed by atoms with E-state index in [2.05, 4.69) is 15.4 Å². The standard InChI is InChI=1S/C14H17N5O2/c15-8-11-3-4-12(21-11)14(20)18-10-2-5-13(16-9-10)19-7-1-6-17-19/h1-2,5-7,9,11-12H,3-4,8,15H2,(H,18,20)/t11-,12+/m1/s1.